The van der Waals surface area contributed by atoms with E-state index in [0.29, 0.717) is 0 Å². The molecule has 5 unspecified atom stereocenters. The third-order valence-corrected chi connectivity index (χ3v) is 7.05. The molecule has 1 aliphatic carbocycles. The minimum absolute atomic E-state index is 0.950. The number of hydrogen-bond acceptors (Lipinski definition) is 0. The van der Waals surface area contributed by atoms with Gasteiger partial charge in [0.05, 0.1) is 0 Å². The third-order valence-electron chi connectivity index (χ3n) is 7.05. The molecule has 24 heavy (non-hydrogen) atoms. The van der Waals surface area contributed by atoms with Crippen molar-refractivity contribution < 1.29 is 0 Å². The molecule has 0 aromatic carbocycles. The van der Waals surface area contributed by atoms with Gasteiger partial charge in [-0.25, -0.2) is 0 Å². The summed E-state index contributed by atoms with van der Waals surface area (Å²) in [5.74, 6) is 4.91. The summed E-state index contributed by atoms with van der Waals surface area (Å²) in [7, 11) is 0. The highest BCUT2D eigenvalue weighted by molar-refractivity contribution is 4.84. The van der Waals surface area contributed by atoms with Gasteiger partial charge in [0, 0.05) is 0 Å². The van der Waals surface area contributed by atoms with Gasteiger partial charge in [-0.15, -0.1) is 0 Å². The molecule has 0 saturated heterocycles. The maximum Gasteiger partial charge on any atom is -0.0357 e. The molecule has 0 heteroatoms. The van der Waals surface area contributed by atoms with Crippen LogP contribution in [0.4, 0.5) is 0 Å². The van der Waals surface area contributed by atoms with E-state index in [0.717, 1.165) is 29.6 Å². The molecule has 1 aliphatic rings. The maximum absolute atomic E-state index is 2.56. The minimum atomic E-state index is 0.950. The van der Waals surface area contributed by atoms with Crippen LogP contribution in [0.15, 0.2) is 0 Å². The van der Waals surface area contributed by atoms with Crippen LogP contribution < -0.4 is 0 Å². The van der Waals surface area contributed by atoms with Crippen molar-refractivity contribution in [2.75, 3.05) is 0 Å². The van der Waals surface area contributed by atoms with Crippen molar-refractivity contribution in [3.8, 4) is 0 Å². The van der Waals surface area contributed by atoms with Gasteiger partial charge in [0.15, 0.2) is 0 Å². The van der Waals surface area contributed by atoms with E-state index in [4.69, 9.17) is 0 Å². The first-order valence-corrected chi connectivity index (χ1v) is 11.6. The maximum atomic E-state index is 2.56. The Hall–Kier alpha value is 0. The van der Waals surface area contributed by atoms with Crippen LogP contribution in [0.25, 0.3) is 0 Å². The van der Waals surface area contributed by atoms with E-state index in [1.165, 1.54) is 89.9 Å². The summed E-state index contributed by atoms with van der Waals surface area (Å²) in [6.07, 6.45) is 20.5. The lowest BCUT2D eigenvalue weighted by Gasteiger charge is -2.41. The summed E-state index contributed by atoms with van der Waals surface area (Å²) in [5.41, 5.74) is 0. The van der Waals surface area contributed by atoms with E-state index >= 15 is 0 Å². The summed E-state index contributed by atoms with van der Waals surface area (Å²) >= 11 is 0. The Morgan fingerprint density at radius 2 is 1.04 bits per heavy atom. The fourth-order valence-corrected chi connectivity index (χ4v) is 5.14. The van der Waals surface area contributed by atoms with Gasteiger partial charge in [0.2, 0.25) is 0 Å². The molecule has 5 atom stereocenters. The van der Waals surface area contributed by atoms with Gasteiger partial charge in [-0.3, -0.25) is 0 Å². The Morgan fingerprint density at radius 3 is 1.67 bits per heavy atom. The van der Waals surface area contributed by atoms with Crippen molar-refractivity contribution in [2.24, 2.45) is 29.6 Å². The second-order valence-electron chi connectivity index (χ2n) is 9.23. The molecular formula is C24H48. The van der Waals surface area contributed by atoms with Gasteiger partial charge in [-0.1, -0.05) is 112 Å². The standard InChI is InChI=1S/C24H48/c1-6-8-10-11-12-13-15-17-23(16-14-9-7-2)24-19-21(4)20(3)18-22(24)5/h20-24H,6-19H2,1-5H3. The van der Waals surface area contributed by atoms with Gasteiger partial charge in [0.1, 0.15) is 0 Å². The zero-order valence-electron chi connectivity index (χ0n) is 17.8. The molecule has 0 aromatic heterocycles. The molecule has 1 fully saturated rings. The van der Waals surface area contributed by atoms with Gasteiger partial charge in [-0.2, -0.15) is 0 Å². The van der Waals surface area contributed by atoms with Gasteiger partial charge >= 0.3 is 0 Å². The Bertz CT molecular complexity index is 282. The van der Waals surface area contributed by atoms with Crippen molar-refractivity contribution in [3.05, 3.63) is 0 Å². The molecule has 0 heterocycles. The van der Waals surface area contributed by atoms with Gasteiger partial charge in [-0.05, 0) is 42.4 Å². The van der Waals surface area contributed by atoms with Crippen LogP contribution in [0.5, 0.6) is 0 Å². The highest BCUT2D eigenvalue weighted by Gasteiger charge is 2.34. The zero-order chi connectivity index (χ0) is 17.8. The lowest BCUT2D eigenvalue weighted by Crippen LogP contribution is -2.32. The van der Waals surface area contributed by atoms with E-state index in [-0.39, 0.29) is 0 Å². The lowest BCUT2D eigenvalue weighted by molar-refractivity contribution is 0.0854. The fourth-order valence-electron chi connectivity index (χ4n) is 5.14. The summed E-state index contributed by atoms with van der Waals surface area (Å²) in [5, 5.41) is 0. The molecule has 0 spiro atoms. The summed E-state index contributed by atoms with van der Waals surface area (Å²) in [6.45, 7) is 12.2. The predicted octanol–water partition coefficient (Wildman–Crippen LogP) is 8.64. The van der Waals surface area contributed by atoms with Gasteiger partial charge < -0.3 is 0 Å². The SMILES string of the molecule is CCCCCCCCCC(CCCCC)C1CC(C)C(C)CC1C. The second kappa shape index (κ2) is 13.2. The van der Waals surface area contributed by atoms with E-state index < -0.39 is 0 Å². The molecule has 0 aromatic rings. The van der Waals surface area contributed by atoms with Gasteiger partial charge in [0.25, 0.3) is 0 Å². The van der Waals surface area contributed by atoms with Crippen LogP contribution in [-0.2, 0) is 0 Å². The number of unbranched alkanes of at least 4 members (excludes halogenated alkanes) is 8. The molecule has 144 valence electrons. The van der Waals surface area contributed by atoms with Crippen molar-refractivity contribution in [1.29, 1.82) is 0 Å². The number of rotatable bonds is 13. The molecule has 0 aliphatic heterocycles. The Labute approximate surface area is 154 Å². The molecule has 0 N–H and O–H groups in total. The quantitative estimate of drug-likeness (QED) is 0.295. The topological polar surface area (TPSA) is 0 Å². The van der Waals surface area contributed by atoms with Crippen LogP contribution in [0.3, 0.4) is 0 Å². The third kappa shape index (κ3) is 8.39. The summed E-state index contributed by atoms with van der Waals surface area (Å²) < 4.78 is 0. The van der Waals surface area contributed by atoms with Crippen LogP contribution >= 0.6 is 0 Å². The largest absolute Gasteiger partial charge is 0.0654 e. The predicted molar refractivity (Wildman–Crippen MR) is 110 cm³/mol. The Balaban J connectivity index is 2.39. The van der Waals surface area contributed by atoms with E-state index in [9.17, 15) is 0 Å². The first-order chi connectivity index (χ1) is 11.6. The minimum Gasteiger partial charge on any atom is -0.0654 e. The van der Waals surface area contributed by atoms with Crippen molar-refractivity contribution in [2.45, 2.75) is 125 Å². The first kappa shape index (κ1) is 22.0. The first-order valence-electron chi connectivity index (χ1n) is 11.6. The van der Waals surface area contributed by atoms with Crippen LogP contribution in [0, 0.1) is 29.6 Å². The highest BCUT2D eigenvalue weighted by atomic mass is 14.4. The molecular weight excluding hydrogens is 288 g/mol. The molecule has 0 nitrogen and oxygen atoms in total. The van der Waals surface area contributed by atoms with Crippen LogP contribution in [0.1, 0.15) is 125 Å². The molecule has 0 radical (unpaired) electrons. The van der Waals surface area contributed by atoms with E-state index in [1.54, 1.807) is 0 Å². The van der Waals surface area contributed by atoms with Crippen molar-refractivity contribution in [1.82, 2.24) is 0 Å². The Morgan fingerprint density at radius 1 is 0.583 bits per heavy atom. The fraction of sp³-hybridized carbons (Fsp3) is 1.00. The van der Waals surface area contributed by atoms with E-state index in [2.05, 4.69) is 34.6 Å². The molecule has 0 amide bonds. The van der Waals surface area contributed by atoms with Crippen molar-refractivity contribution >= 4 is 0 Å². The smallest absolute Gasteiger partial charge is 0.0357 e. The zero-order valence-corrected chi connectivity index (χ0v) is 17.8. The average molecular weight is 337 g/mol. The van der Waals surface area contributed by atoms with E-state index in [1.807, 2.05) is 0 Å². The monoisotopic (exact) mass is 336 g/mol. The number of hydrogen-bond donors (Lipinski definition) is 0. The van der Waals surface area contributed by atoms with Crippen LogP contribution in [0.2, 0.25) is 0 Å². The molecule has 1 saturated carbocycles. The highest BCUT2D eigenvalue weighted by Crippen LogP contribution is 2.44. The van der Waals surface area contributed by atoms with Crippen LogP contribution in [-0.4, -0.2) is 0 Å². The molecule has 1 rings (SSSR count). The lowest BCUT2D eigenvalue weighted by atomic mass is 9.64. The van der Waals surface area contributed by atoms with Crippen molar-refractivity contribution in [3.63, 3.8) is 0 Å². The Kier molecular flexibility index (Phi) is 12.2. The summed E-state index contributed by atoms with van der Waals surface area (Å²) in [4.78, 5) is 0. The second-order valence-corrected chi connectivity index (χ2v) is 9.23. The normalized spacial score (nSPS) is 28.9. The average Bonchev–Trinajstić information content (AvgIpc) is 2.56. The molecule has 0 bridgehead atoms. The summed E-state index contributed by atoms with van der Waals surface area (Å²) in [6, 6.07) is 0.